The fraction of sp³-hybridized carbons (Fsp3) is 0.643. The van der Waals surface area contributed by atoms with Crippen molar-refractivity contribution < 1.29 is 4.79 Å². The predicted molar refractivity (Wildman–Crippen MR) is 80.1 cm³/mol. The van der Waals surface area contributed by atoms with Gasteiger partial charge in [0, 0.05) is 32.1 Å². The van der Waals surface area contributed by atoms with Crippen molar-refractivity contribution in [2.75, 3.05) is 37.8 Å². The van der Waals surface area contributed by atoms with E-state index in [1.807, 2.05) is 20.9 Å². The Morgan fingerprint density at radius 1 is 1.35 bits per heavy atom. The van der Waals surface area contributed by atoms with Crippen LogP contribution in [-0.4, -0.2) is 48.0 Å². The molecule has 0 bridgehead atoms. The molecule has 0 atom stereocenters. The van der Waals surface area contributed by atoms with E-state index in [0.29, 0.717) is 12.5 Å². The number of carbonyl (C=O) groups excluding carboxylic acids is 1. The summed E-state index contributed by atoms with van der Waals surface area (Å²) in [5.74, 6) is 3.00. The maximum absolute atomic E-state index is 11.8. The van der Waals surface area contributed by atoms with Crippen molar-refractivity contribution in [3.8, 4) is 0 Å². The molecule has 1 amide bonds. The van der Waals surface area contributed by atoms with Crippen molar-refractivity contribution in [3.05, 3.63) is 11.4 Å². The molecule has 0 unspecified atom stereocenters. The van der Waals surface area contributed by atoms with Gasteiger partial charge in [0.25, 0.3) is 0 Å². The minimum Gasteiger partial charge on any atom is -0.373 e. The standard InChI is InChI=1S/C14H23N5O/c1-5-19(4)11(20)8-16-13-9(2)12(15-3)17-14(18-13)10-6-7-10/h10H,5-8H2,1-4H3,(H2,15,16,17,18). The first kappa shape index (κ1) is 14.6. The number of nitrogens with zero attached hydrogens (tertiary/aromatic N) is 3. The van der Waals surface area contributed by atoms with Gasteiger partial charge in [-0.05, 0) is 26.7 Å². The highest BCUT2D eigenvalue weighted by atomic mass is 16.2. The van der Waals surface area contributed by atoms with Crippen LogP contribution in [0.5, 0.6) is 0 Å². The average Bonchev–Trinajstić information content (AvgIpc) is 3.29. The lowest BCUT2D eigenvalue weighted by molar-refractivity contribution is -0.127. The molecule has 1 aromatic rings. The molecular formula is C14H23N5O. The fourth-order valence-electron chi connectivity index (χ4n) is 1.94. The van der Waals surface area contributed by atoms with Crippen molar-refractivity contribution in [1.82, 2.24) is 14.9 Å². The smallest absolute Gasteiger partial charge is 0.241 e. The van der Waals surface area contributed by atoms with E-state index < -0.39 is 0 Å². The van der Waals surface area contributed by atoms with Crippen molar-refractivity contribution in [1.29, 1.82) is 0 Å². The highest BCUT2D eigenvalue weighted by molar-refractivity contribution is 5.80. The second-order valence-corrected chi connectivity index (χ2v) is 5.19. The third kappa shape index (κ3) is 3.18. The van der Waals surface area contributed by atoms with Crippen LogP contribution in [-0.2, 0) is 4.79 Å². The van der Waals surface area contributed by atoms with Gasteiger partial charge in [-0.25, -0.2) is 9.97 Å². The van der Waals surface area contributed by atoms with E-state index in [9.17, 15) is 4.79 Å². The summed E-state index contributed by atoms with van der Waals surface area (Å²) in [5.41, 5.74) is 0.948. The van der Waals surface area contributed by atoms with Gasteiger partial charge in [-0.2, -0.15) is 0 Å². The highest BCUT2D eigenvalue weighted by Gasteiger charge is 2.28. The number of hydrogen-bond donors (Lipinski definition) is 2. The Kier molecular flexibility index (Phi) is 4.42. The van der Waals surface area contributed by atoms with E-state index in [1.54, 1.807) is 11.9 Å². The van der Waals surface area contributed by atoms with Gasteiger partial charge in [-0.3, -0.25) is 4.79 Å². The SMILES string of the molecule is CCN(C)C(=O)CNc1nc(C2CC2)nc(NC)c1C. The number of amides is 1. The molecule has 6 nitrogen and oxygen atoms in total. The number of anilines is 2. The third-order valence-corrected chi connectivity index (χ3v) is 3.65. The molecule has 1 saturated carbocycles. The third-order valence-electron chi connectivity index (χ3n) is 3.65. The summed E-state index contributed by atoms with van der Waals surface area (Å²) >= 11 is 0. The van der Waals surface area contributed by atoms with Crippen LogP contribution in [0.15, 0.2) is 0 Å². The molecule has 20 heavy (non-hydrogen) atoms. The maximum Gasteiger partial charge on any atom is 0.241 e. The Morgan fingerprint density at radius 3 is 2.55 bits per heavy atom. The summed E-state index contributed by atoms with van der Waals surface area (Å²) in [7, 11) is 3.65. The first-order chi connectivity index (χ1) is 9.56. The summed E-state index contributed by atoms with van der Waals surface area (Å²) in [6.45, 7) is 4.88. The second-order valence-electron chi connectivity index (χ2n) is 5.19. The Hall–Kier alpha value is -1.85. The molecule has 0 saturated heterocycles. The van der Waals surface area contributed by atoms with Crippen LogP contribution < -0.4 is 10.6 Å². The number of hydrogen-bond acceptors (Lipinski definition) is 5. The van der Waals surface area contributed by atoms with Gasteiger partial charge in [0.15, 0.2) is 0 Å². The van der Waals surface area contributed by atoms with Crippen LogP contribution in [0, 0.1) is 6.92 Å². The molecule has 2 N–H and O–H groups in total. The van der Waals surface area contributed by atoms with Crippen LogP contribution in [0.2, 0.25) is 0 Å². The van der Waals surface area contributed by atoms with Gasteiger partial charge in [-0.1, -0.05) is 0 Å². The number of aromatic nitrogens is 2. The van der Waals surface area contributed by atoms with E-state index in [0.717, 1.165) is 35.9 Å². The zero-order valence-corrected chi connectivity index (χ0v) is 12.7. The zero-order chi connectivity index (χ0) is 14.7. The van der Waals surface area contributed by atoms with Crippen molar-refractivity contribution in [2.45, 2.75) is 32.6 Å². The summed E-state index contributed by atoms with van der Waals surface area (Å²) in [6.07, 6.45) is 2.31. The lowest BCUT2D eigenvalue weighted by Crippen LogP contribution is -2.32. The largest absolute Gasteiger partial charge is 0.373 e. The topological polar surface area (TPSA) is 70.2 Å². The molecule has 2 rings (SSSR count). The fourth-order valence-corrected chi connectivity index (χ4v) is 1.94. The number of carbonyl (C=O) groups is 1. The molecule has 0 aromatic carbocycles. The number of rotatable bonds is 6. The van der Waals surface area contributed by atoms with Crippen LogP contribution in [0.4, 0.5) is 11.6 Å². The Balaban J connectivity index is 2.13. The van der Waals surface area contributed by atoms with Crippen LogP contribution >= 0.6 is 0 Å². The van der Waals surface area contributed by atoms with E-state index in [1.165, 1.54) is 0 Å². The summed E-state index contributed by atoms with van der Waals surface area (Å²) < 4.78 is 0. The molecule has 1 heterocycles. The lowest BCUT2D eigenvalue weighted by atomic mass is 10.2. The highest BCUT2D eigenvalue weighted by Crippen LogP contribution is 2.39. The second kappa shape index (κ2) is 6.07. The molecule has 0 aliphatic heterocycles. The minimum atomic E-state index is 0.0597. The summed E-state index contributed by atoms with van der Waals surface area (Å²) in [5, 5.41) is 6.24. The zero-order valence-electron chi connectivity index (χ0n) is 12.7. The number of likely N-dealkylation sites (N-methyl/N-ethyl adjacent to an activating group) is 1. The predicted octanol–water partition coefficient (Wildman–Crippen LogP) is 1.59. The molecular weight excluding hydrogens is 254 g/mol. The summed E-state index contributed by atoms with van der Waals surface area (Å²) in [6, 6.07) is 0. The Bertz CT molecular complexity index is 499. The van der Waals surface area contributed by atoms with Gasteiger partial charge in [0.1, 0.15) is 17.5 Å². The van der Waals surface area contributed by atoms with Gasteiger partial charge in [-0.15, -0.1) is 0 Å². The first-order valence-corrected chi connectivity index (χ1v) is 7.10. The van der Waals surface area contributed by atoms with Gasteiger partial charge in [0.2, 0.25) is 5.91 Å². The first-order valence-electron chi connectivity index (χ1n) is 7.10. The van der Waals surface area contributed by atoms with Crippen LogP contribution in [0.1, 0.15) is 37.1 Å². The van der Waals surface area contributed by atoms with Crippen molar-refractivity contribution >= 4 is 17.5 Å². The van der Waals surface area contributed by atoms with E-state index in [-0.39, 0.29) is 12.5 Å². The summed E-state index contributed by atoms with van der Waals surface area (Å²) in [4.78, 5) is 22.6. The van der Waals surface area contributed by atoms with Crippen molar-refractivity contribution in [3.63, 3.8) is 0 Å². The Morgan fingerprint density at radius 2 is 2.00 bits per heavy atom. The van der Waals surface area contributed by atoms with Crippen LogP contribution in [0.3, 0.4) is 0 Å². The Labute approximate surface area is 120 Å². The number of nitrogens with one attached hydrogen (secondary N) is 2. The van der Waals surface area contributed by atoms with Crippen molar-refractivity contribution in [2.24, 2.45) is 0 Å². The molecule has 1 aromatic heterocycles. The lowest BCUT2D eigenvalue weighted by Gasteiger charge is -2.17. The monoisotopic (exact) mass is 277 g/mol. The molecule has 0 spiro atoms. The maximum atomic E-state index is 11.8. The molecule has 1 aliphatic carbocycles. The molecule has 110 valence electrons. The van der Waals surface area contributed by atoms with E-state index in [2.05, 4.69) is 20.6 Å². The van der Waals surface area contributed by atoms with E-state index >= 15 is 0 Å². The average molecular weight is 277 g/mol. The van der Waals surface area contributed by atoms with Gasteiger partial charge < -0.3 is 15.5 Å². The van der Waals surface area contributed by atoms with Gasteiger partial charge in [0.05, 0.1) is 6.54 Å². The molecule has 1 aliphatic rings. The molecule has 6 heteroatoms. The molecule has 1 fully saturated rings. The molecule has 0 radical (unpaired) electrons. The quantitative estimate of drug-likeness (QED) is 0.826. The normalized spacial score (nSPS) is 14.0. The van der Waals surface area contributed by atoms with E-state index in [4.69, 9.17) is 0 Å². The van der Waals surface area contributed by atoms with Crippen LogP contribution in [0.25, 0.3) is 0 Å². The van der Waals surface area contributed by atoms with Gasteiger partial charge >= 0.3 is 0 Å². The minimum absolute atomic E-state index is 0.0597.